The molecule has 1 aromatic rings. The number of hydrogen-bond donors (Lipinski definition) is 2. The maximum atomic E-state index is 12.3. The first-order valence-electron chi connectivity index (χ1n) is 6.79. The van der Waals surface area contributed by atoms with Crippen molar-refractivity contribution in [3.8, 4) is 0 Å². The Kier molecular flexibility index (Phi) is 4.69. The SMILES string of the molecule is CSC1=C(C(=O)O)N2C(=O)[C@@H](NC(=O)Cc3cccs3)[C@H]2SC1. The fraction of sp³-hybridized carbons (Fsp3) is 0.357. The van der Waals surface area contributed by atoms with Gasteiger partial charge in [0.05, 0.1) is 6.42 Å². The first kappa shape index (κ1) is 16.4. The lowest BCUT2D eigenvalue weighted by Crippen LogP contribution is -2.70. The summed E-state index contributed by atoms with van der Waals surface area (Å²) in [6.07, 6.45) is 2.03. The van der Waals surface area contributed by atoms with Crippen LogP contribution >= 0.6 is 34.9 Å². The van der Waals surface area contributed by atoms with Crippen LogP contribution in [0, 0.1) is 0 Å². The molecule has 0 bridgehead atoms. The number of β-lactam (4-membered cyclic amide) rings is 1. The molecule has 0 aromatic carbocycles. The van der Waals surface area contributed by atoms with Crippen molar-refractivity contribution in [2.24, 2.45) is 0 Å². The van der Waals surface area contributed by atoms with Gasteiger partial charge in [-0.2, -0.15) is 0 Å². The lowest BCUT2D eigenvalue weighted by atomic mass is 10.0. The number of nitrogens with zero attached hydrogens (tertiary/aromatic N) is 1. The van der Waals surface area contributed by atoms with Crippen LogP contribution in [0.25, 0.3) is 0 Å². The lowest BCUT2D eigenvalue weighted by molar-refractivity contribution is -0.150. The highest BCUT2D eigenvalue weighted by Gasteiger charge is 2.54. The van der Waals surface area contributed by atoms with Gasteiger partial charge in [0.2, 0.25) is 5.91 Å². The van der Waals surface area contributed by atoms with Gasteiger partial charge in [-0.3, -0.25) is 14.5 Å². The number of fused-ring (bicyclic) bond motifs is 1. The summed E-state index contributed by atoms with van der Waals surface area (Å²) in [6.45, 7) is 0. The number of thiophene rings is 1. The summed E-state index contributed by atoms with van der Waals surface area (Å²) < 4.78 is 0. The second kappa shape index (κ2) is 6.58. The van der Waals surface area contributed by atoms with Crippen molar-refractivity contribution < 1.29 is 19.5 Å². The summed E-state index contributed by atoms with van der Waals surface area (Å²) in [5, 5.41) is 13.6. The molecule has 0 unspecified atom stereocenters. The summed E-state index contributed by atoms with van der Waals surface area (Å²) in [4.78, 5) is 38.7. The van der Waals surface area contributed by atoms with Crippen molar-refractivity contribution in [1.82, 2.24) is 10.2 Å². The fourth-order valence-electron chi connectivity index (χ4n) is 2.54. The van der Waals surface area contributed by atoms with Crippen LogP contribution in [0.5, 0.6) is 0 Å². The minimum absolute atomic E-state index is 0.0509. The van der Waals surface area contributed by atoms with Crippen LogP contribution in [0.15, 0.2) is 28.1 Å². The third kappa shape index (κ3) is 3.00. The molecule has 2 aliphatic rings. The average Bonchev–Trinajstić information content (AvgIpc) is 3.03. The van der Waals surface area contributed by atoms with E-state index >= 15 is 0 Å². The van der Waals surface area contributed by atoms with Crippen LogP contribution < -0.4 is 5.32 Å². The van der Waals surface area contributed by atoms with E-state index in [0.29, 0.717) is 10.7 Å². The number of rotatable bonds is 5. The molecule has 1 saturated heterocycles. The number of carbonyl (C=O) groups is 3. The van der Waals surface area contributed by atoms with Crippen LogP contribution in [0.4, 0.5) is 0 Å². The molecule has 1 fully saturated rings. The Morgan fingerprint density at radius 1 is 1.52 bits per heavy atom. The van der Waals surface area contributed by atoms with E-state index in [1.54, 1.807) is 6.26 Å². The fourth-order valence-corrected chi connectivity index (χ4v) is 5.50. The van der Waals surface area contributed by atoms with E-state index in [1.807, 2.05) is 17.5 Å². The zero-order valence-electron chi connectivity index (χ0n) is 12.1. The normalized spacial score (nSPS) is 23.3. The Morgan fingerprint density at radius 3 is 2.91 bits per heavy atom. The molecule has 0 radical (unpaired) electrons. The summed E-state index contributed by atoms with van der Waals surface area (Å²) >= 11 is 4.31. The van der Waals surface area contributed by atoms with Gasteiger partial charge in [0.25, 0.3) is 5.91 Å². The van der Waals surface area contributed by atoms with Crippen LogP contribution in [0.3, 0.4) is 0 Å². The highest BCUT2D eigenvalue weighted by Crippen LogP contribution is 2.42. The van der Waals surface area contributed by atoms with Crippen molar-refractivity contribution >= 4 is 52.6 Å². The second-order valence-electron chi connectivity index (χ2n) is 4.99. The highest BCUT2D eigenvalue weighted by atomic mass is 32.2. The quantitative estimate of drug-likeness (QED) is 0.761. The van der Waals surface area contributed by atoms with Crippen molar-refractivity contribution in [3.63, 3.8) is 0 Å². The maximum Gasteiger partial charge on any atom is 0.353 e. The Balaban J connectivity index is 1.69. The van der Waals surface area contributed by atoms with E-state index < -0.39 is 12.0 Å². The van der Waals surface area contributed by atoms with Gasteiger partial charge in [-0.1, -0.05) is 6.07 Å². The van der Waals surface area contributed by atoms with Crippen LogP contribution in [0.2, 0.25) is 0 Å². The zero-order valence-corrected chi connectivity index (χ0v) is 14.6. The van der Waals surface area contributed by atoms with E-state index in [9.17, 15) is 19.5 Å². The summed E-state index contributed by atoms with van der Waals surface area (Å²) in [7, 11) is 0. The number of amides is 2. The molecule has 2 amide bonds. The number of hydrogen-bond acceptors (Lipinski definition) is 6. The summed E-state index contributed by atoms with van der Waals surface area (Å²) in [5.74, 6) is -1.14. The average molecular weight is 370 g/mol. The first-order valence-corrected chi connectivity index (χ1v) is 9.95. The molecule has 9 heteroatoms. The van der Waals surface area contributed by atoms with Gasteiger partial charge in [0.15, 0.2) is 0 Å². The van der Waals surface area contributed by atoms with Gasteiger partial charge in [-0.25, -0.2) is 4.79 Å². The Morgan fingerprint density at radius 2 is 2.30 bits per heavy atom. The van der Waals surface area contributed by atoms with Crippen LogP contribution in [0.1, 0.15) is 4.88 Å². The minimum atomic E-state index is -1.10. The Bertz CT molecular complexity index is 686. The first-order chi connectivity index (χ1) is 11.0. The summed E-state index contributed by atoms with van der Waals surface area (Å²) in [5.41, 5.74) is 0.0509. The van der Waals surface area contributed by atoms with Crippen molar-refractivity contribution in [1.29, 1.82) is 0 Å². The molecule has 0 aliphatic carbocycles. The number of aliphatic carboxylic acids is 1. The van der Waals surface area contributed by atoms with Gasteiger partial charge in [0, 0.05) is 15.5 Å². The van der Waals surface area contributed by atoms with E-state index in [1.165, 1.54) is 39.8 Å². The molecular weight excluding hydrogens is 356 g/mol. The number of carbonyl (C=O) groups excluding carboxylic acids is 2. The van der Waals surface area contributed by atoms with Crippen LogP contribution in [-0.2, 0) is 20.8 Å². The monoisotopic (exact) mass is 370 g/mol. The Hall–Kier alpha value is -1.45. The molecule has 6 nitrogen and oxygen atoms in total. The topological polar surface area (TPSA) is 86.7 Å². The number of thioether (sulfide) groups is 2. The minimum Gasteiger partial charge on any atom is -0.477 e. The van der Waals surface area contributed by atoms with E-state index in [4.69, 9.17) is 0 Å². The van der Waals surface area contributed by atoms with E-state index in [-0.39, 0.29) is 29.3 Å². The third-order valence-corrected chi connectivity index (χ3v) is 6.78. The second-order valence-corrected chi connectivity index (χ2v) is 8.03. The van der Waals surface area contributed by atoms with E-state index in [2.05, 4.69) is 5.32 Å². The molecule has 0 spiro atoms. The molecular formula is C14H14N2O4S3. The van der Waals surface area contributed by atoms with Crippen molar-refractivity contribution in [2.75, 3.05) is 12.0 Å². The largest absolute Gasteiger partial charge is 0.477 e. The predicted octanol–water partition coefficient (Wildman–Crippen LogP) is 1.35. The highest BCUT2D eigenvalue weighted by molar-refractivity contribution is 8.05. The molecule has 3 rings (SSSR count). The molecule has 23 heavy (non-hydrogen) atoms. The third-order valence-electron chi connectivity index (χ3n) is 3.61. The van der Waals surface area contributed by atoms with Crippen LogP contribution in [-0.4, -0.2) is 51.2 Å². The molecule has 2 aliphatic heterocycles. The van der Waals surface area contributed by atoms with Gasteiger partial charge >= 0.3 is 5.97 Å². The summed E-state index contributed by atoms with van der Waals surface area (Å²) in [6, 6.07) is 3.09. The number of nitrogens with one attached hydrogen (secondary N) is 1. The van der Waals surface area contributed by atoms with Gasteiger partial charge < -0.3 is 10.4 Å². The standard InChI is InChI=1S/C14H14N2O4S3/c1-21-8-6-23-13-10(12(18)16(13)11(8)14(19)20)15-9(17)5-7-3-2-4-22-7/h2-4,10,13H,5-6H2,1H3,(H,15,17)(H,19,20)/t10-,13-/m1/s1. The zero-order chi connectivity index (χ0) is 16.6. The van der Waals surface area contributed by atoms with Crippen molar-refractivity contribution in [3.05, 3.63) is 33.0 Å². The molecule has 1 aromatic heterocycles. The molecule has 2 atom stereocenters. The van der Waals surface area contributed by atoms with Gasteiger partial charge in [-0.15, -0.1) is 34.9 Å². The number of carboxylic acid groups (broad SMARTS) is 1. The van der Waals surface area contributed by atoms with Crippen molar-refractivity contribution in [2.45, 2.75) is 17.8 Å². The maximum absolute atomic E-state index is 12.3. The molecule has 3 heterocycles. The molecule has 122 valence electrons. The smallest absolute Gasteiger partial charge is 0.353 e. The molecule has 0 saturated carbocycles. The predicted molar refractivity (Wildman–Crippen MR) is 91.2 cm³/mol. The molecule has 2 N–H and O–H groups in total. The van der Waals surface area contributed by atoms with Gasteiger partial charge in [-0.05, 0) is 17.7 Å². The van der Waals surface area contributed by atoms with Gasteiger partial charge in [0.1, 0.15) is 17.1 Å². The number of carboxylic acids is 1. The Labute approximate surface area is 145 Å². The lowest BCUT2D eigenvalue weighted by Gasteiger charge is -2.49. The van der Waals surface area contributed by atoms with E-state index in [0.717, 1.165) is 4.88 Å².